The van der Waals surface area contributed by atoms with Gasteiger partial charge in [0.15, 0.2) is 0 Å². The molecule has 4 rings (SSSR count). The van der Waals surface area contributed by atoms with Crippen molar-refractivity contribution in [3.8, 4) is 0 Å². The summed E-state index contributed by atoms with van der Waals surface area (Å²) in [7, 11) is -5.73. The summed E-state index contributed by atoms with van der Waals surface area (Å²) in [5.41, 5.74) is -5.79. The number of esters is 2. The van der Waals surface area contributed by atoms with E-state index in [1.807, 2.05) is 30.3 Å². The molecule has 0 unspecified atom stereocenters. The van der Waals surface area contributed by atoms with Crippen molar-refractivity contribution in [3.05, 3.63) is 71.8 Å². The molecule has 2 aliphatic carbocycles. The van der Waals surface area contributed by atoms with E-state index >= 15 is 0 Å². The fourth-order valence-corrected chi connectivity index (χ4v) is 5.46. The van der Waals surface area contributed by atoms with Crippen LogP contribution >= 0.6 is 0 Å². The monoisotopic (exact) mass is 600 g/mol. The van der Waals surface area contributed by atoms with Crippen LogP contribution in [0.25, 0.3) is 0 Å². The van der Waals surface area contributed by atoms with Crippen molar-refractivity contribution >= 4 is 22.1 Å². The molecule has 12 heteroatoms. The minimum atomic E-state index is -5.73. The molecular formula is C29H35F3O8S. The lowest BCUT2D eigenvalue weighted by Gasteiger charge is -2.26. The highest BCUT2D eigenvalue weighted by Crippen LogP contribution is 2.41. The molecule has 0 saturated heterocycles. The fraction of sp³-hybridized carbons (Fsp3) is 0.517. The maximum Gasteiger partial charge on any atom is 0.523 e. The third-order valence-electron chi connectivity index (χ3n) is 7.49. The Morgan fingerprint density at radius 2 is 1.12 bits per heavy atom. The molecule has 0 heterocycles. The Kier molecular flexibility index (Phi) is 11.3. The second-order valence-corrected chi connectivity index (χ2v) is 12.0. The van der Waals surface area contributed by atoms with E-state index < -0.39 is 39.0 Å². The minimum Gasteiger partial charge on any atom is -0.460 e. The number of rotatable bonds is 10. The van der Waals surface area contributed by atoms with Gasteiger partial charge in [0.1, 0.15) is 13.2 Å². The molecule has 2 saturated carbocycles. The number of carbonyl (C=O) groups excluding carboxylic acids is 2. The van der Waals surface area contributed by atoms with Crippen molar-refractivity contribution in [2.24, 2.45) is 10.8 Å². The van der Waals surface area contributed by atoms with Gasteiger partial charge in [-0.1, -0.05) is 86.3 Å². The lowest BCUT2D eigenvalue weighted by molar-refractivity contribution is -0.160. The van der Waals surface area contributed by atoms with Crippen LogP contribution in [0.15, 0.2) is 60.7 Å². The van der Waals surface area contributed by atoms with Gasteiger partial charge in [0.25, 0.3) is 0 Å². The normalized spacial score (nSPS) is 17.8. The van der Waals surface area contributed by atoms with Crippen molar-refractivity contribution in [1.29, 1.82) is 0 Å². The minimum absolute atomic E-state index is 0.0343. The molecule has 0 spiro atoms. The SMILES string of the molecule is O=C(OCc1ccccc1)C1(CO)CCCC1.O=C(OCc1ccccc1)C1(COS(=O)(=O)C(F)(F)F)CCCC1. The van der Waals surface area contributed by atoms with E-state index in [0.717, 1.165) is 36.8 Å². The standard InChI is InChI=1S/C15H17F3O5S.C14H18O3/c16-15(17,18)24(20,21)23-11-14(8-4-5-9-14)13(19)22-10-12-6-2-1-3-7-12;15-11-14(8-4-5-9-14)13(16)17-10-12-6-2-1-3-7-12/h1-3,6-7H,4-5,8-11H2;1-3,6-7,15H,4-5,8-11H2. The van der Waals surface area contributed by atoms with Gasteiger partial charge in [-0.05, 0) is 36.8 Å². The molecule has 2 aromatic rings. The van der Waals surface area contributed by atoms with E-state index in [1.165, 1.54) is 0 Å². The first kappa shape index (κ1) is 32.6. The topological polar surface area (TPSA) is 116 Å². The number of ether oxygens (including phenoxy) is 2. The van der Waals surface area contributed by atoms with Crippen LogP contribution in [0.5, 0.6) is 0 Å². The zero-order chi connectivity index (χ0) is 30.0. The zero-order valence-corrected chi connectivity index (χ0v) is 23.4. The number of aliphatic hydroxyl groups is 1. The summed E-state index contributed by atoms with van der Waals surface area (Å²) in [5, 5.41) is 9.38. The average Bonchev–Trinajstić information content (AvgIpc) is 3.66. The van der Waals surface area contributed by atoms with Gasteiger partial charge in [0.2, 0.25) is 0 Å². The van der Waals surface area contributed by atoms with Gasteiger partial charge in [0.05, 0.1) is 24.0 Å². The number of aliphatic hydroxyl groups excluding tert-OH is 1. The maximum absolute atomic E-state index is 12.4. The van der Waals surface area contributed by atoms with Crippen LogP contribution in [0, 0.1) is 10.8 Å². The van der Waals surface area contributed by atoms with Crippen LogP contribution in [0.3, 0.4) is 0 Å². The lowest BCUT2D eigenvalue weighted by Crippen LogP contribution is -2.38. The Morgan fingerprint density at radius 3 is 1.51 bits per heavy atom. The summed E-state index contributed by atoms with van der Waals surface area (Å²) in [6, 6.07) is 18.4. The molecule has 0 atom stereocenters. The van der Waals surface area contributed by atoms with Gasteiger partial charge in [0, 0.05) is 0 Å². The van der Waals surface area contributed by atoms with Crippen molar-refractivity contribution in [2.75, 3.05) is 13.2 Å². The molecule has 8 nitrogen and oxygen atoms in total. The van der Waals surface area contributed by atoms with E-state index in [-0.39, 0.29) is 32.0 Å². The van der Waals surface area contributed by atoms with Crippen LogP contribution in [0.2, 0.25) is 0 Å². The van der Waals surface area contributed by atoms with E-state index in [0.29, 0.717) is 19.4 Å². The highest BCUT2D eigenvalue weighted by atomic mass is 32.2. The lowest BCUT2D eigenvalue weighted by atomic mass is 9.87. The van der Waals surface area contributed by atoms with Crippen LogP contribution in [-0.2, 0) is 46.6 Å². The molecule has 0 aliphatic heterocycles. The maximum atomic E-state index is 12.4. The predicted molar refractivity (Wildman–Crippen MR) is 142 cm³/mol. The van der Waals surface area contributed by atoms with E-state index in [4.69, 9.17) is 9.47 Å². The Hall–Kier alpha value is -2.96. The summed E-state index contributed by atoms with van der Waals surface area (Å²) in [4.78, 5) is 24.3. The van der Waals surface area contributed by atoms with Crippen LogP contribution in [0.4, 0.5) is 13.2 Å². The summed E-state index contributed by atoms with van der Waals surface area (Å²) < 4.78 is 73.8. The molecular weight excluding hydrogens is 565 g/mol. The molecule has 41 heavy (non-hydrogen) atoms. The Balaban J connectivity index is 0.000000239. The van der Waals surface area contributed by atoms with Crippen molar-refractivity contribution in [2.45, 2.75) is 70.1 Å². The van der Waals surface area contributed by atoms with Crippen LogP contribution < -0.4 is 0 Å². The van der Waals surface area contributed by atoms with Crippen molar-refractivity contribution < 1.29 is 49.9 Å². The zero-order valence-electron chi connectivity index (χ0n) is 22.6. The summed E-state index contributed by atoms with van der Waals surface area (Å²) >= 11 is 0. The Bertz CT molecular complexity index is 1220. The van der Waals surface area contributed by atoms with E-state index in [2.05, 4.69) is 4.18 Å². The quantitative estimate of drug-likeness (QED) is 0.218. The van der Waals surface area contributed by atoms with Crippen molar-refractivity contribution in [1.82, 2.24) is 0 Å². The average molecular weight is 601 g/mol. The Labute approximate surface area is 237 Å². The molecule has 1 N–H and O–H groups in total. The first-order chi connectivity index (χ1) is 19.4. The highest BCUT2D eigenvalue weighted by molar-refractivity contribution is 7.87. The molecule has 0 aromatic heterocycles. The molecule has 0 bridgehead atoms. The molecule has 2 aromatic carbocycles. The first-order valence-corrected chi connectivity index (χ1v) is 14.8. The van der Waals surface area contributed by atoms with Crippen molar-refractivity contribution in [3.63, 3.8) is 0 Å². The number of carbonyl (C=O) groups is 2. The van der Waals surface area contributed by atoms with Gasteiger partial charge >= 0.3 is 27.6 Å². The third-order valence-corrected chi connectivity index (χ3v) is 8.48. The summed E-state index contributed by atoms with van der Waals surface area (Å²) in [5.74, 6) is -0.984. The van der Waals surface area contributed by atoms with Crippen LogP contribution in [-0.4, -0.2) is 44.2 Å². The van der Waals surface area contributed by atoms with Gasteiger partial charge in [-0.25, -0.2) is 0 Å². The molecule has 0 amide bonds. The first-order valence-electron chi connectivity index (χ1n) is 13.4. The van der Waals surface area contributed by atoms with E-state index in [1.54, 1.807) is 30.3 Å². The van der Waals surface area contributed by atoms with Gasteiger partial charge in [-0.2, -0.15) is 21.6 Å². The van der Waals surface area contributed by atoms with Gasteiger partial charge < -0.3 is 14.6 Å². The number of hydrogen-bond donors (Lipinski definition) is 1. The van der Waals surface area contributed by atoms with Gasteiger partial charge in [-0.15, -0.1) is 0 Å². The smallest absolute Gasteiger partial charge is 0.460 e. The van der Waals surface area contributed by atoms with E-state index in [9.17, 15) is 36.3 Å². The number of halogens is 3. The Morgan fingerprint density at radius 1 is 0.732 bits per heavy atom. The number of benzene rings is 2. The second-order valence-electron chi connectivity index (χ2n) is 10.4. The predicted octanol–water partition coefficient (Wildman–Crippen LogP) is 5.44. The highest BCUT2D eigenvalue weighted by Gasteiger charge is 2.51. The third kappa shape index (κ3) is 8.76. The van der Waals surface area contributed by atoms with Gasteiger partial charge in [-0.3, -0.25) is 13.8 Å². The molecule has 226 valence electrons. The fourth-order valence-electron chi connectivity index (χ4n) is 4.95. The largest absolute Gasteiger partial charge is 0.523 e. The molecule has 2 aliphatic rings. The molecule has 0 radical (unpaired) electrons. The molecule has 2 fully saturated rings. The van der Waals surface area contributed by atoms with Crippen LogP contribution in [0.1, 0.15) is 62.5 Å². The summed E-state index contributed by atoms with van der Waals surface area (Å²) in [6.07, 6.45) is 5.14. The number of hydrogen-bond acceptors (Lipinski definition) is 8. The summed E-state index contributed by atoms with van der Waals surface area (Å²) in [6.45, 7) is -0.696. The number of alkyl halides is 3. The second kappa shape index (κ2) is 14.3.